The van der Waals surface area contributed by atoms with Crippen LogP contribution in [0.15, 0.2) is 72.9 Å². The molecule has 0 saturated carbocycles. The van der Waals surface area contributed by atoms with Gasteiger partial charge in [0, 0.05) is 51.0 Å². The molecule has 392 valence electrons. The fourth-order valence-electron chi connectivity index (χ4n) is 10.7. The van der Waals surface area contributed by atoms with Crippen molar-refractivity contribution in [3.63, 3.8) is 0 Å². The van der Waals surface area contributed by atoms with Crippen LogP contribution in [-0.2, 0) is 51.9 Å². The molecule has 0 N–H and O–H groups in total. The van der Waals surface area contributed by atoms with Crippen molar-refractivity contribution in [3.05, 3.63) is 72.9 Å². The Morgan fingerprint density at radius 2 is 0.855 bits per heavy atom. The number of carbonyl (C=O) groups is 1. The highest BCUT2D eigenvalue weighted by Crippen LogP contribution is 2.42. The lowest BCUT2D eigenvalue weighted by atomic mass is 9.88. The first-order valence-electron chi connectivity index (χ1n) is 26.4. The summed E-state index contributed by atoms with van der Waals surface area (Å²) < 4.78 is 66.2. The standard InChI is InChI=1S/C57H94O11Si/c1-40(2)52-41(3)30-31-42-32-44(61-54(7,8)60-42)34-46-36-48(65-56(11,12)63-46)38-50-39-49(66-57(13,14)67-50)37-47-35-45(62-55(9,10)64-47)33-43(68-69(15,16)53(4,5)6)28-26-24-22-20-18-17-19-21-23-25-27-29-51(58)59-52/h17-27,29,40-50,52H,28,30-39H2,1-16H3/b18-17+,21-19+,22-20+,25-23+,26-24+,29-27+/t41-,42-,43+,44-,45-,46-,47-,48+,49-,50-,52-/m0/s1. The quantitative estimate of drug-likeness (QED) is 0.199. The van der Waals surface area contributed by atoms with Gasteiger partial charge >= 0.3 is 5.97 Å². The minimum atomic E-state index is -2.09. The van der Waals surface area contributed by atoms with Gasteiger partial charge in [-0.15, -0.1) is 0 Å². The molecule has 0 aromatic rings. The molecule has 8 bridgehead atoms. The van der Waals surface area contributed by atoms with Gasteiger partial charge in [0.1, 0.15) is 6.10 Å². The van der Waals surface area contributed by atoms with Gasteiger partial charge in [0.05, 0.1) is 54.9 Å². The summed E-state index contributed by atoms with van der Waals surface area (Å²) in [6.45, 7) is 34.0. The normalized spacial score (nSPS) is 38.4. The van der Waals surface area contributed by atoms with Gasteiger partial charge < -0.3 is 47.1 Å². The van der Waals surface area contributed by atoms with E-state index in [1.165, 1.54) is 6.08 Å². The second-order valence-electron chi connectivity index (χ2n) is 24.2. The van der Waals surface area contributed by atoms with Crippen molar-refractivity contribution in [2.45, 2.75) is 270 Å². The summed E-state index contributed by atoms with van der Waals surface area (Å²) in [5, 5.41) is 0.0702. The summed E-state index contributed by atoms with van der Waals surface area (Å²) in [4.78, 5) is 13.0. The molecule has 4 fully saturated rings. The molecule has 0 aromatic heterocycles. The lowest BCUT2D eigenvalue weighted by molar-refractivity contribution is -0.339. The minimum Gasteiger partial charge on any atom is -0.459 e. The van der Waals surface area contributed by atoms with Crippen LogP contribution >= 0.6 is 0 Å². The summed E-state index contributed by atoms with van der Waals surface area (Å²) in [5.74, 6) is -3.06. The molecule has 69 heavy (non-hydrogen) atoms. The lowest BCUT2D eigenvalue weighted by Gasteiger charge is -2.47. The summed E-state index contributed by atoms with van der Waals surface area (Å²) >= 11 is 0. The van der Waals surface area contributed by atoms with Crippen LogP contribution in [0.5, 0.6) is 0 Å². The van der Waals surface area contributed by atoms with Crippen molar-refractivity contribution in [1.82, 2.24) is 0 Å². The van der Waals surface area contributed by atoms with Crippen molar-refractivity contribution >= 4 is 14.3 Å². The van der Waals surface area contributed by atoms with E-state index in [9.17, 15) is 4.79 Å². The number of carbonyl (C=O) groups excluding carboxylic acids is 1. The van der Waals surface area contributed by atoms with Gasteiger partial charge in [-0.05, 0) is 111 Å². The van der Waals surface area contributed by atoms with E-state index < -0.39 is 31.5 Å². The van der Waals surface area contributed by atoms with Gasteiger partial charge in [0.15, 0.2) is 31.5 Å². The maximum Gasteiger partial charge on any atom is 0.331 e. The predicted molar refractivity (Wildman–Crippen MR) is 277 cm³/mol. The molecule has 11 atom stereocenters. The molecule has 0 radical (unpaired) electrons. The molecule has 0 spiro atoms. The number of cyclic esters (lactones) is 1. The highest BCUT2D eigenvalue weighted by atomic mass is 28.4. The molecule has 4 saturated heterocycles. The number of allylic oxidation sites excluding steroid dienone is 10. The topological polar surface area (TPSA) is 109 Å². The Labute approximate surface area is 419 Å². The Bertz CT molecular complexity index is 1800. The maximum absolute atomic E-state index is 13.0. The van der Waals surface area contributed by atoms with Crippen LogP contribution in [0.25, 0.3) is 0 Å². The SMILES string of the molecule is CC(C)[C@@H]1OC(=O)/C=C/C=C/C=C/C=C/C=C/C=C/C[C@@H](O[Si](C)(C)C(C)(C)C)C[C@H]2C[C@@H](C[C@H]3C[C@H](C[C@H]4C[C@H](C[C@@H]5C[C@H](CC[C@@H]1C)OC(C)(C)O5)OC(C)(C)O4)OC(C)(C)O3)OC(C)(C)O2. The van der Waals surface area contributed by atoms with E-state index in [4.69, 9.17) is 47.1 Å². The van der Waals surface area contributed by atoms with E-state index in [1.54, 1.807) is 6.08 Å². The van der Waals surface area contributed by atoms with Crippen molar-refractivity contribution in [1.29, 1.82) is 0 Å². The third-order valence-electron chi connectivity index (χ3n) is 14.3. The second-order valence-corrected chi connectivity index (χ2v) is 28.9. The predicted octanol–water partition coefficient (Wildman–Crippen LogP) is 13.3. The molecule has 5 aliphatic rings. The Morgan fingerprint density at radius 1 is 0.522 bits per heavy atom. The molecular formula is C57H94O11Si. The summed E-state index contributed by atoms with van der Waals surface area (Å²) in [7, 11) is -2.09. The molecule has 12 heteroatoms. The highest BCUT2D eigenvalue weighted by molar-refractivity contribution is 6.74. The highest BCUT2D eigenvalue weighted by Gasteiger charge is 2.46. The monoisotopic (exact) mass is 983 g/mol. The molecule has 5 rings (SSSR count). The number of ether oxygens (including phenoxy) is 9. The Balaban J connectivity index is 1.36. The first-order chi connectivity index (χ1) is 32.1. The van der Waals surface area contributed by atoms with Crippen molar-refractivity contribution in [2.75, 3.05) is 0 Å². The minimum absolute atomic E-state index is 0.00154. The van der Waals surface area contributed by atoms with Crippen LogP contribution in [0, 0.1) is 11.8 Å². The van der Waals surface area contributed by atoms with Crippen LogP contribution in [-0.4, -0.2) is 98.5 Å². The van der Waals surface area contributed by atoms with E-state index >= 15 is 0 Å². The zero-order valence-electron chi connectivity index (χ0n) is 45.6. The molecule has 0 aromatic carbocycles. The third-order valence-corrected chi connectivity index (χ3v) is 18.8. The van der Waals surface area contributed by atoms with Gasteiger partial charge in [-0.1, -0.05) is 108 Å². The van der Waals surface area contributed by atoms with Crippen molar-refractivity contribution in [3.8, 4) is 0 Å². The average Bonchev–Trinajstić information content (AvgIpc) is 3.17. The fraction of sp³-hybridized carbons (Fsp3) is 0.772. The van der Waals surface area contributed by atoms with E-state index in [2.05, 4.69) is 66.8 Å². The van der Waals surface area contributed by atoms with Gasteiger partial charge in [-0.25, -0.2) is 4.79 Å². The lowest BCUT2D eigenvalue weighted by Crippen LogP contribution is -2.52. The van der Waals surface area contributed by atoms with E-state index in [0.29, 0.717) is 0 Å². The maximum atomic E-state index is 13.0. The summed E-state index contributed by atoms with van der Waals surface area (Å²) in [5.41, 5.74) is 0. The summed E-state index contributed by atoms with van der Waals surface area (Å²) in [6, 6.07) is 0. The average molecular weight is 983 g/mol. The summed E-state index contributed by atoms with van der Waals surface area (Å²) in [6.07, 6.45) is 31.0. The number of fused-ring (bicyclic) bond motifs is 8. The zero-order valence-corrected chi connectivity index (χ0v) is 46.6. The number of hydrogen-bond acceptors (Lipinski definition) is 11. The first-order valence-corrected chi connectivity index (χ1v) is 29.3. The van der Waals surface area contributed by atoms with Gasteiger partial charge in [-0.3, -0.25) is 0 Å². The van der Waals surface area contributed by atoms with Crippen LogP contribution in [0.3, 0.4) is 0 Å². The smallest absolute Gasteiger partial charge is 0.331 e. The van der Waals surface area contributed by atoms with Crippen molar-refractivity contribution in [2.24, 2.45) is 11.8 Å². The zero-order chi connectivity index (χ0) is 50.8. The molecule has 11 nitrogen and oxygen atoms in total. The molecule has 0 aliphatic carbocycles. The van der Waals surface area contributed by atoms with Crippen LogP contribution in [0.2, 0.25) is 18.1 Å². The molecule has 5 heterocycles. The number of hydrogen-bond donors (Lipinski definition) is 0. The van der Waals surface area contributed by atoms with Crippen molar-refractivity contribution < 1.29 is 51.9 Å². The molecule has 0 amide bonds. The van der Waals surface area contributed by atoms with E-state index in [0.717, 1.165) is 70.6 Å². The Morgan fingerprint density at radius 3 is 1.23 bits per heavy atom. The number of esters is 1. The van der Waals surface area contributed by atoms with E-state index in [-0.39, 0.29) is 83.9 Å². The van der Waals surface area contributed by atoms with Gasteiger partial charge in [-0.2, -0.15) is 0 Å². The second kappa shape index (κ2) is 24.7. The van der Waals surface area contributed by atoms with Crippen LogP contribution in [0.4, 0.5) is 0 Å². The number of rotatable bonds is 3. The Kier molecular flexibility index (Phi) is 20.6. The van der Waals surface area contributed by atoms with E-state index in [1.807, 2.05) is 104 Å². The largest absolute Gasteiger partial charge is 0.459 e. The molecule has 0 unspecified atom stereocenters. The Hall–Kier alpha value is -2.23. The fourth-order valence-corrected chi connectivity index (χ4v) is 12.1. The van der Waals surface area contributed by atoms with Crippen LogP contribution < -0.4 is 0 Å². The van der Waals surface area contributed by atoms with Gasteiger partial charge in [0.2, 0.25) is 0 Å². The molecular weight excluding hydrogens is 889 g/mol. The first kappa shape index (κ1) is 57.7. The van der Waals surface area contributed by atoms with Crippen LogP contribution in [0.1, 0.15) is 168 Å². The molecule has 5 aliphatic heterocycles. The third kappa shape index (κ3) is 19.6. The van der Waals surface area contributed by atoms with Gasteiger partial charge in [0.25, 0.3) is 0 Å².